The summed E-state index contributed by atoms with van der Waals surface area (Å²) >= 11 is 0. The Kier molecular flexibility index (Phi) is 4.84. The van der Waals surface area contributed by atoms with Gasteiger partial charge in [0.05, 0.1) is 16.6 Å². The summed E-state index contributed by atoms with van der Waals surface area (Å²) in [4.78, 5) is -0.392. The van der Waals surface area contributed by atoms with Gasteiger partial charge in [-0.1, -0.05) is 6.07 Å². The average Bonchev–Trinajstić information content (AvgIpc) is 2.40. The van der Waals surface area contributed by atoms with Crippen LogP contribution in [0.25, 0.3) is 0 Å². The number of aliphatic hydroxyl groups is 1. The third-order valence-corrected chi connectivity index (χ3v) is 5.36. The predicted octanol–water partition coefficient (Wildman–Crippen LogP) is 2.60. The van der Waals surface area contributed by atoms with Gasteiger partial charge in [0.25, 0.3) is 0 Å². The van der Waals surface area contributed by atoms with Gasteiger partial charge >= 0.3 is 6.18 Å². The summed E-state index contributed by atoms with van der Waals surface area (Å²) < 4.78 is 65.5. The van der Waals surface area contributed by atoms with Crippen molar-refractivity contribution >= 4 is 10.0 Å². The van der Waals surface area contributed by atoms with Crippen molar-refractivity contribution in [2.75, 3.05) is 0 Å². The number of alkyl halides is 3. The number of aliphatic hydroxyl groups excluding tert-OH is 1. The maximum atomic E-state index is 12.9. The monoisotopic (exact) mass is 337 g/mol. The molecule has 0 unspecified atom stereocenters. The SMILES string of the molecule is Cc1ccc(S(=O)(=O)NC2CCC(O)CC2)cc1C(F)(F)F. The van der Waals surface area contributed by atoms with Crippen LogP contribution in [0.15, 0.2) is 23.1 Å². The van der Waals surface area contributed by atoms with Crippen LogP contribution in [0.2, 0.25) is 0 Å². The zero-order valence-electron chi connectivity index (χ0n) is 12.0. The Morgan fingerprint density at radius 2 is 1.77 bits per heavy atom. The maximum absolute atomic E-state index is 12.9. The quantitative estimate of drug-likeness (QED) is 0.891. The second-order valence-corrected chi connectivity index (χ2v) is 7.32. The molecular weight excluding hydrogens is 319 g/mol. The minimum absolute atomic E-state index is 0.0211. The van der Waals surface area contributed by atoms with Crippen molar-refractivity contribution in [3.8, 4) is 0 Å². The van der Waals surface area contributed by atoms with Gasteiger partial charge in [0.1, 0.15) is 0 Å². The van der Waals surface area contributed by atoms with Crippen LogP contribution in [0, 0.1) is 6.92 Å². The number of hydrogen-bond acceptors (Lipinski definition) is 3. The van der Waals surface area contributed by atoms with Crippen LogP contribution in [0.1, 0.15) is 36.8 Å². The molecule has 0 radical (unpaired) electrons. The summed E-state index contributed by atoms with van der Waals surface area (Å²) in [5.74, 6) is 0. The molecule has 22 heavy (non-hydrogen) atoms. The van der Waals surface area contributed by atoms with Crippen molar-refractivity contribution in [3.05, 3.63) is 29.3 Å². The van der Waals surface area contributed by atoms with Crippen molar-refractivity contribution in [2.24, 2.45) is 0 Å². The number of rotatable bonds is 3. The Balaban J connectivity index is 2.23. The number of halogens is 3. The molecule has 1 fully saturated rings. The van der Waals surface area contributed by atoms with Crippen molar-refractivity contribution in [3.63, 3.8) is 0 Å². The van der Waals surface area contributed by atoms with Crippen molar-refractivity contribution in [2.45, 2.75) is 55.8 Å². The molecule has 0 aliphatic heterocycles. The highest BCUT2D eigenvalue weighted by molar-refractivity contribution is 7.89. The normalized spacial score (nSPS) is 23.5. The molecule has 124 valence electrons. The van der Waals surface area contributed by atoms with Crippen LogP contribution in [0.5, 0.6) is 0 Å². The lowest BCUT2D eigenvalue weighted by Gasteiger charge is -2.26. The van der Waals surface area contributed by atoms with E-state index in [4.69, 9.17) is 0 Å². The Bertz CT molecular complexity index is 635. The third kappa shape index (κ3) is 3.99. The van der Waals surface area contributed by atoms with Crippen LogP contribution in [0.3, 0.4) is 0 Å². The minimum Gasteiger partial charge on any atom is -0.393 e. The predicted molar refractivity (Wildman–Crippen MR) is 74.8 cm³/mol. The van der Waals surface area contributed by atoms with E-state index in [1.165, 1.54) is 13.0 Å². The molecule has 1 saturated carbocycles. The highest BCUT2D eigenvalue weighted by Gasteiger charge is 2.34. The Morgan fingerprint density at radius 1 is 1.18 bits per heavy atom. The van der Waals surface area contributed by atoms with E-state index >= 15 is 0 Å². The molecule has 0 atom stereocenters. The molecule has 1 aromatic carbocycles. The van der Waals surface area contributed by atoms with Gasteiger partial charge in [-0.25, -0.2) is 13.1 Å². The van der Waals surface area contributed by atoms with E-state index in [1.807, 2.05) is 0 Å². The second kappa shape index (κ2) is 6.17. The van der Waals surface area contributed by atoms with Crippen molar-refractivity contribution in [1.29, 1.82) is 0 Å². The minimum atomic E-state index is -4.59. The van der Waals surface area contributed by atoms with E-state index in [2.05, 4.69) is 4.72 Å². The van der Waals surface area contributed by atoms with Crippen LogP contribution >= 0.6 is 0 Å². The highest BCUT2D eigenvalue weighted by atomic mass is 32.2. The summed E-state index contributed by atoms with van der Waals surface area (Å²) in [6.45, 7) is 1.29. The first kappa shape index (κ1) is 17.2. The van der Waals surface area contributed by atoms with Gasteiger partial charge < -0.3 is 5.11 Å². The number of benzene rings is 1. The Hall–Kier alpha value is -1.12. The lowest BCUT2D eigenvalue weighted by atomic mass is 9.94. The smallest absolute Gasteiger partial charge is 0.393 e. The fraction of sp³-hybridized carbons (Fsp3) is 0.571. The molecule has 0 spiro atoms. The zero-order chi connectivity index (χ0) is 16.5. The Labute approximate surface area is 127 Å². The molecule has 0 saturated heterocycles. The molecular formula is C14H18F3NO3S. The molecule has 4 nitrogen and oxygen atoms in total. The lowest BCUT2D eigenvalue weighted by molar-refractivity contribution is -0.138. The van der Waals surface area contributed by atoms with Gasteiger partial charge in [0, 0.05) is 6.04 Å². The van der Waals surface area contributed by atoms with Crippen LogP contribution in [-0.2, 0) is 16.2 Å². The van der Waals surface area contributed by atoms with E-state index in [9.17, 15) is 26.7 Å². The van der Waals surface area contributed by atoms with E-state index in [0.29, 0.717) is 31.7 Å². The van der Waals surface area contributed by atoms with Crippen LogP contribution < -0.4 is 4.72 Å². The van der Waals surface area contributed by atoms with Gasteiger partial charge in [0.15, 0.2) is 0 Å². The molecule has 2 rings (SSSR count). The fourth-order valence-electron chi connectivity index (χ4n) is 2.55. The molecule has 0 aromatic heterocycles. The van der Waals surface area contributed by atoms with Crippen LogP contribution in [0.4, 0.5) is 13.2 Å². The summed E-state index contributed by atoms with van der Waals surface area (Å²) in [7, 11) is -4.01. The Morgan fingerprint density at radius 3 is 2.32 bits per heavy atom. The van der Waals surface area contributed by atoms with Crippen molar-refractivity contribution in [1.82, 2.24) is 4.72 Å². The fourth-order valence-corrected chi connectivity index (χ4v) is 3.89. The topological polar surface area (TPSA) is 66.4 Å². The third-order valence-electron chi connectivity index (χ3n) is 3.84. The first-order valence-electron chi connectivity index (χ1n) is 6.98. The van der Waals surface area contributed by atoms with Gasteiger partial charge in [0.2, 0.25) is 10.0 Å². The van der Waals surface area contributed by atoms with E-state index in [0.717, 1.165) is 6.07 Å². The van der Waals surface area contributed by atoms with E-state index in [-0.39, 0.29) is 11.6 Å². The second-order valence-electron chi connectivity index (χ2n) is 5.60. The molecule has 8 heteroatoms. The largest absolute Gasteiger partial charge is 0.416 e. The average molecular weight is 337 g/mol. The molecule has 1 aromatic rings. The summed E-state index contributed by atoms with van der Waals surface area (Å²) in [5, 5.41) is 9.40. The zero-order valence-corrected chi connectivity index (χ0v) is 12.8. The standard InChI is InChI=1S/C14H18F3NO3S/c1-9-2-7-12(8-13(9)14(15,16)17)22(20,21)18-10-3-5-11(19)6-4-10/h2,7-8,10-11,18-19H,3-6H2,1H3. The molecule has 2 N–H and O–H groups in total. The van der Waals surface area contributed by atoms with Gasteiger partial charge in [-0.15, -0.1) is 0 Å². The molecule has 0 amide bonds. The van der Waals surface area contributed by atoms with E-state index in [1.54, 1.807) is 0 Å². The summed E-state index contributed by atoms with van der Waals surface area (Å²) in [5.41, 5.74) is -0.971. The van der Waals surface area contributed by atoms with Gasteiger partial charge in [-0.3, -0.25) is 0 Å². The number of nitrogens with one attached hydrogen (secondary N) is 1. The summed E-state index contributed by atoms with van der Waals surface area (Å²) in [6.07, 6.45) is -3.12. The highest BCUT2D eigenvalue weighted by Crippen LogP contribution is 2.33. The molecule has 1 aliphatic carbocycles. The maximum Gasteiger partial charge on any atom is 0.416 e. The lowest BCUT2D eigenvalue weighted by Crippen LogP contribution is -2.38. The number of sulfonamides is 1. The first-order chi connectivity index (χ1) is 10.1. The molecule has 0 heterocycles. The van der Waals surface area contributed by atoms with Crippen LogP contribution in [-0.4, -0.2) is 25.7 Å². The van der Waals surface area contributed by atoms with E-state index < -0.39 is 32.8 Å². The molecule has 0 bridgehead atoms. The van der Waals surface area contributed by atoms with Gasteiger partial charge in [-0.05, 0) is 50.3 Å². The van der Waals surface area contributed by atoms with Crippen molar-refractivity contribution < 1.29 is 26.7 Å². The van der Waals surface area contributed by atoms with Gasteiger partial charge in [-0.2, -0.15) is 13.2 Å². The molecule has 1 aliphatic rings. The summed E-state index contributed by atoms with van der Waals surface area (Å²) in [6, 6.07) is 2.63. The number of hydrogen-bond donors (Lipinski definition) is 2. The number of aryl methyl sites for hydroxylation is 1. The first-order valence-corrected chi connectivity index (χ1v) is 8.46.